The fourth-order valence-electron chi connectivity index (χ4n) is 7.91. The molecule has 0 saturated heterocycles. The molecule has 0 atom stereocenters. The van der Waals surface area contributed by atoms with Gasteiger partial charge < -0.3 is 20.4 Å². The molecular formula is C51H88N4O2. The number of nitrogens with one attached hydrogen (secondary N) is 2. The lowest BCUT2D eigenvalue weighted by atomic mass is 10.0. The third-order valence-electron chi connectivity index (χ3n) is 11.4. The quantitative estimate of drug-likeness (QED) is 0.0665. The molecule has 2 aromatic carbocycles. The van der Waals surface area contributed by atoms with Crippen LogP contribution in [0, 0.1) is 0 Å². The van der Waals surface area contributed by atoms with Crippen LogP contribution >= 0.6 is 0 Å². The van der Waals surface area contributed by atoms with Gasteiger partial charge >= 0.3 is 0 Å². The lowest BCUT2D eigenvalue weighted by molar-refractivity contribution is -0.117. The van der Waals surface area contributed by atoms with E-state index in [2.05, 4.69) is 72.4 Å². The Morgan fingerprint density at radius 1 is 0.404 bits per heavy atom. The Hall–Kier alpha value is -2.70. The molecule has 2 rings (SSSR count). The predicted octanol–water partition coefficient (Wildman–Crippen LogP) is 14.0. The van der Waals surface area contributed by atoms with Crippen molar-refractivity contribution in [2.75, 3.05) is 49.9 Å². The number of amides is 2. The Morgan fingerprint density at radius 2 is 0.702 bits per heavy atom. The first kappa shape index (κ1) is 50.4. The van der Waals surface area contributed by atoms with Crippen molar-refractivity contribution in [3.05, 3.63) is 59.7 Å². The van der Waals surface area contributed by atoms with Crippen molar-refractivity contribution in [3.63, 3.8) is 0 Å². The maximum atomic E-state index is 13.0. The summed E-state index contributed by atoms with van der Waals surface area (Å²) in [6, 6.07) is 16.4. The van der Waals surface area contributed by atoms with Crippen LogP contribution < -0.4 is 10.6 Å². The molecular weight excluding hydrogens is 701 g/mol. The van der Waals surface area contributed by atoms with Crippen LogP contribution in [-0.2, 0) is 16.0 Å². The zero-order valence-corrected chi connectivity index (χ0v) is 37.7. The third-order valence-corrected chi connectivity index (χ3v) is 11.4. The minimum atomic E-state index is 0.0943. The monoisotopic (exact) mass is 789 g/mol. The highest BCUT2D eigenvalue weighted by molar-refractivity contribution is 5.91. The van der Waals surface area contributed by atoms with E-state index < -0.39 is 0 Å². The number of hydrogen-bond acceptors (Lipinski definition) is 4. The number of unbranched alkanes of at least 4 members (excludes halogenated alkanes) is 18. The van der Waals surface area contributed by atoms with Gasteiger partial charge in [-0.25, -0.2) is 0 Å². The van der Waals surface area contributed by atoms with Gasteiger partial charge in [0.1, 0.15) is 0 Å². The molecule has 2 aromatic rings. The average molecular weight is 789 g/mol. The van der Waals surface area contributed by atoms with Crippen molar-refractivity contribution in [3.8, 4) is 0 Å². The first-order chi connectivity index (χ1) is 28.0. The van der Waals surface area contributed by atoms with Crippen molar-refractivity contribution in [1.29, 1.82) is 0 Å². The second kappa shape index (κ2) is 35.3. The molecule has 0 aliphatic heterocycles. The molecule has 6 nitrogen and oxygen atoms in total. The number of anilines is 2. The lowest BCUT2D eigenvalue weighted by Crippen LogP contribution is -2.28. The second-order valence-corrected chi connectivity index (χ2v) is 16.9. The highest BCUT2D eigenvalue weighted by Gasteiger charge is 2.11. The van der Waals surface area contributed by atoms with Gasteiger partial charge in [0.15, 0.2) is 0 Å². The smallest absolute Gasteiger partial charge is 0.224 e. The van der Waals surface area contributed by atoms with Crippen molar-refractivity contribution >= 4 is 23.2 Å². The van der Waals surface area contributed by atoms with Crippen LogP contribution in [0.3, 0.4) is 0 Å². The first-order valence-electron chi connectivity index (χ1n) is 24.2. The molecule has 0 fully saturated rings. The molecule has 0 radical (unpaired) electrons. The van der Waals surface area contributed by atoms with Crippen molar-refractivity contribution in [2.24, 2.45) is 0 Å². The molecule has 0 saturated carbocycles. The molecule has 0 aliphatic rings. The van der Waals surface area contributed by atoms with Gasteiger partial charge in [0, 0.05) is 24.2 Å². The summed E-state index contributed by atoms with van der Waals surface area (Å²) in [7, 11) is 0. The highest BCUT2D eigenvalue weighted by Crippen LogP contribution is 2.19. The van der Waals surface area contributed by atoms with Gasteiger partial charge in [-0.1, -0.05) is 168 Å². The van der Waals surface area contributed by atoms with Crippen LogP contribution in [0.15, 0.2) is 48.5 Å². The van der Waals surface area contributed by atoms with E-state index in [0.29, 0.717) is 12.8 Å². The second-order valence-electron chi connectivity index (χ2n) is 16.9. The van der Waals surface area contributed by atoms with Crippen molar-refractivity contribution in [1.82, 2.24) is 9.80 Å². The van der Waals surface area contributed by atoms with Crippen LogP contribution in [-0.4, -0.2) is 60.9 Å². The summed E-state index contributed by atoms with van der Waals surface area (Å²) in [5.74, 6) is 0.189. The summed E-state index contributed by atoms with van der Waals surface area (Å²) in [5.41, 5.74) is 4.00. The minimum Gasteiger partial charge on any atom is -0.326 e. The van der Waals surface area contributed by atoms with Gasteiger partial charge in [0.05, 0.1) is 0 Å². The zero-order valence-electron chi connectivity index (χ0n) is 37.7. The Morgan fingerprint density at radius 3 is 1.04 bits per heavy atom. The highest BCUT2D eigenvalue weighted by atomic mass is 16.2. The van der Waals surface area contributed by atoms with E-state index in [1.54, 1.807) is 0 Å². The topological polar surface area (TPSA) is 64.7 Å². The van der Waals surface area contributed by atoms with Crippen LogP contribution in [0.1, 0.15) is 206 Å². The van der Waals surface area contributed by atoms with Gasteiger partial charge in [-0.05, 0) is 120 Å². The standard InChI is InChI=1S/C51H88N4O2/c1-5-9-13-17-21-25-39-54(37-23-19-15-11-7-3)41-29-35-50(56)52-48-33-27-31-46(44-48)43-47-32-28-34-49(45-47)53-51(57)36-30-42-55(38-24-20-16-12-8-4)40-26-22-18-14-10-6-2/h27-28,31-34,44-45H,5-26,29-30,35-43H2,1-4H3,(H,52,56)(H,53,57). The normalized spacial score (nSPS) is 11.5. The number of hydrogen-bond donors (Lipinski definition) is 2. The van der Waals surface area contributed by atoms with Gasteiger partial charge in [0.25, 0.3) is 0 Å². The molecule has 0 aromatic heterocycles. The van der Waals surface area contributed by atoms with Gasteiger partial charge in [0.2, 0.25) is 11.8 Å². The fraction of sp³-hybridized carbons (Fsp3) is 0.725. The molecule has 0 heterocycles. The Bertz CT molecular complexity index is 1170. The summed E-state index contributed by atoms with van der Waals surface area (Å²) in [6.45, 7) is 15.7. The summed E-state index contributed by atoms with van der Waals surface area (Å²) >= 11 is 0. The van der Waals surface area contributed by atoms with E-state index in [1.165, 1.54) is 141 Å². The lowest BCUT2D eigenvalue weighted by Gasteiger charge is -2.22. The third kappa shape index (κ3) is 27.6. The largest absolute Gasteiger partial charge is 0.326 e. The summed E-state index contributed by atoms with van der Waals surface area (Å²) in [6.07, 6.45) is 32.6. The molecule has 0 aliphatic carbocycles. The van der Waals surface area contributed by atoms with E-state index >= 15 is 0 Å². The molecule has 2 amide bonds. The Labute approximate surface area is 352 Å². The zero-order chi connectivity index (χ0) is 41.0. The predicted molar refractivity (Wildman–Crippen MR) is 249 cm³/mol. The summed E-state index contributed by atoms with van der Waals surface area (Å²) in [4.78, 5) is 31.3. The molecule has 6 heteroatoms. The fourth-order valence-corrected chi connectivity index (χ4v) is 7.91. The number of nitrogens with zero attached hydrogens (tertiary/aromatic N) is 2. The molecule has 57 heavy (non-hydrogen) atoms. The van der Waals surface area contributed by atoms with E-state index in [9.17, 15) is 9.59 Å². The number of carbonyl (C=O) groups excluding carboxylic acids is 2. The van der Waals surface area contributed by atoms with Crippen molar-refractivity contribution in [2.45, 2.75) is 201 Å². The first-order valence-corrected chi connectivity index (χ1v) is 24.2. The summed E-state index contributed by atoms with van der Waals surface area (Å²) < 4.78 is 0. The molecule has 0 bridgehead atoms. The molecule has 0 unspecified atom stereocenters. The van der Waals surface area contributed by atoms with Crippen LogP contribution in [0.4, 0.5) is 11.4 Å². The minimum absolute atomic E-state index is 0.0943. The van der Waals surface area contributed by atoms with Crippen LogP contribution in [0.5, 0.6) is 0 Å². The maximum absolute atomic E-state index is 13.0. The van der Waals surface area contributed by atoms with E-state index in [-0.39, 0.29) is 11.8 Å². The van der Waals surface area contributed by atoms with Crippen molar-refractivity contribution < 1.29 is 9.59 Å². The van der Waals surface area contributed by atoms with E-state index in [1.807, 2.05) is 24.3 Å². The Balaban J connectivity index is 1.80. The molecule has 2 N–H and O–H groups in total. The average Bonchev–Trinajstić information content (AvgIpc) is 3.20. The van der Waals surface area contributed by atoms with Crippen LogP contribution in [0.25, 0.3) is 0 Å². The van der Waals surface area contributed by atoms with Gasteiger partial charge in [-0.3, -0.25) is 9.59 Å². The van der Waals surface area contributed by atoms with E-state index in [0.717, 1.165) is 81.0 Å². The maximum Gasteiger partial charge on any atom is 0.224 e. The Kier molecular flexibility index (Phi) is 31.2. The number of carbonyl (C=O) groups is 2. The molecule has 0 spiro atoms. The van der Waals surface area contributed by atoms with Crippen LogP contribution in [0.2, 0.25) is 0 Å². The number of benzene rings is 2. The molecule has 324 valence electrons. The van der Waals surface area contributed by atoms with E-state index in [4.69, 9.17) is 0 Å². The van der Waals surface area contributed by atoms with Gasteiger partial charge in [-0.2, -0.15) is 0 Å². The van der Waals surface area contributed by atoms with Gasteiger partial charge in [-0.15, -0.1) is 0 Å². The summed E-state index contributed by atoms with van der Waals surface area (Å²) in [5, 5.41) is 6.33. The number of rotatable bonds is 38. The SMILES string of the molecule is CCCCCCCCN(CCCCCCC)CCCC(=O)Nc1cccc(Cc2cccc(NC(=O)CCCN(CCCCCCC)CCCCCCCC)c2)c1.